The molecule has 3 N–H and O–H groups in total. The van der Waals surface area contributed by atoms with E-state index in [4.69, 9.17) is 10.2 Å². The van der Waals surface area contributed by atoms with Crippen LogP contribution in [-0.4, -0.2) is 39.1 Å². The van der Waals surface area contributed by atoms with Crippen molar-refractivity contribution in [2.45, 2.75) is 25.8 Å². The third kappa shape index (κ3) is 2.84. The molecule has 0 aliphatic carbocycles. The number of aliphatic hydroxyl groups excluding tert-OH is 2. The molecule has 5 nitrogen and oxygen atoms in total. The van der Waals surface area contributed by atoms with Gasteiger partial charge in [-0.2, -0.15) is 0 Å². The second kappa shape index (κ2) is 6.54. The van der Waals surface area contributed by atoms with Gasteiger partial charge in [0, 0.05) is 36.9 Å². The predicted molar refractivity (Wildman–Crippen MR) is 76.0 cm³/mol. The lowest BCUT2D eigenvalue weighted by atomic mass is 10.0. The summed E-state index contributed by atoms with van der Waals surface area (Å²) in [6.07, 6.45) is 3.80. The fraction of sp³-hybridized carbons (Fsp3) is 0.400. The van der Waals surface area contributed by atoms with Crippen LogP contribution < -0.4 is 0 Å². The van der Waals surface area contributed by atoms with E-state index in [-0.39, 0.29) is 18.8 Å². The largest absolute Gasteiger partial charge is 0.478 e. The summed E-state index contributed by atoms with van der Waals surface area (Å²) in [5.41, 5.74) is 2.09. The third-order valence-corrected chi connectivity index (χ3v) is 3.38. The number of aryl methyl sites for hydroxylation is 2. The van der Waals surface area contributed by atoms with Crippen molar-refractivity contribution in [3.63, 3.8) is 0 Å². The Morgan fingerprint density at radius 2 is 1.90 bits per heavy atom. The van der Waals surface area contributed by atoms with Crippen molar-refractivity contribution in [1.29, 1.82) is 0 Å². The smallest absolute Gasteiger partial charge is 0.336 e. The number of carbonyl (C=O) groups is 1. The van der Waals surface area contributed by atoms with E-state index in [2.05, 4.69) is 0 Å². The molecule has 108 valence electrons. The number of hydrogen-bond donors (Lipinski definition) is 3. The number of benzene rings is 1. The van der Waals surface area contributed by atoms with Crippen LogP contribution in [0.25, 0.3) is 10.9 Å². The van der Waals surface area contributed by atoms with Gasteiger partial charge in [0.15, 0.2) is 0 Å². The van der Waals surface area contributed by atoms with Gasteiger partial charge < -0.3 is 19.9 Å². The molecule has 0 saturated carbocycles. The zero-order valence-corrected chi connectivity index (χ0v) is 11.2. The van der Waals surface area contributed by atoms with Gasteiger partial charge in [-0.1, -0.05) is 6.07 Å². The predicted octanol–water partition coefficient (Wildman–Crippen LogP) is 1.65. The molecule has 0 aliphatic rings. The van der Waals surface area contributed by atoms with Gasteiger partial charge in [-0.25, -0.2) is 4.79 Å². The highest BCUT2D eigenvalue weighted by atomic mass is 16.4. The third-order valence-electron chi connectivity index (χ3n) is 3.38. The molecule has 0 radical (unpaired) electrons. The topological polar surface area (TPSA) is 82.7 Å². The Kier molecular flexibility index (Phi) is 4.76. The first-order valence-electron chi connectivity index (χ1n) is 6.74. The maximum Gasteiger partial charge on any atom is 0.336 e. The molecule has 1 heterocycles. The van der Waals surface area contributed by atoms with Crippen LogP contribution in [0, 0.1) is 0 Å². The highest BCUT2D eigenvalue weighted by Crippen LogP contribution is 2.26. The highest BCUT2D eigenvalue weighted by molar-refractivity contribution is 6.04. The van der Waals surface area contributed by atoms with Gasteiger partial charge >= 0.3 is 5.97 Å². The number of hydrogen-bond acceptors (Lipinski definition) is 3. The fourth-order valence-corrected chi connectivity index (χ4v) is 2.50. The van der Waals surface area contributed by atoms with Gasteiger partial charge in [0.2, 0.25) is 0 Å². The highest BCUT2D eigenvalue weighted by Gasteiger charge is 2.15. The monoisotopic (exact) mass is 277 g/mol. The van der Waals surface area contributed by atoms with Crippen LogP contribution in [0.4, 0.5) is 0 Å². The van der Waals surface area contributed by atoms with E-state index in [0.29, 0.717) is 25.8 Å². The maximum absolute atomic E-state index is 11.4. The van der Waals surface area contributed by atoms with Crippen molar-refractivity contribution in [2.75, 3.05) is 13.2 Å². The Balaban J connectivity index is 2.54. The maximum atomic E-state index is 11.4. The summed E-state index contributed by atoms with van der Waals surface area (Å²) in [4.78, 5) is 11.4. The minimum Gasteiger partial charge on any atom is -0.478 e. The fourth-order valence-electron chi connectivity index (χ4n) is 2.50. The number of aromatic nitrogens is 1. The minimum absolute atomic E-state index is 0.0819. The second-order valence-electron chi connectivity index (χ2n) is 4.76. The number of fused-ring (bicyclic) bond motifs is 1. The van der Waals surface area contributed by atoms with Crippen molar-refractivity contribution < 1.29 is 20.1 Å². The van der Waals surface area contributed by atoms with E-state index in [1.165, 1.54) is 0 Å². The summed E-state index contributed by atoms with van der Waals surface area (Å²) >= 11 is 0. The Morgan fingerprint density at radius 3 is 2.55 bits per heavy atom. The molecule has 2 rings (SSSR count). The summed E-state index contributed by atoms with van der Waals surface area (Å²) in [6, 6.07) is 5.22. The van der Waals surface area contributed by atoms with Crippen LogP contribution in [0.3, 0.4) is 0 Å². The molecule has 20 heavy (non-hydrogen) atoms. The van der Waals surface area contributed by atoms with E-state index in [1.807, 2.05) is 16.8 Å². The van der Waals surface area contributed by atoms with Gasteiger partial charge in [0.1, 0.15) is 0 Å². The molecule has 2 aromatic rings. The van der Waals surface area contributed by atoms with Crippen LogP contribution in [0.1, 0.15) is 28.8 Å². The lowest BCUT2D eigenvalue weighted by molar-refractivity contribution is 0.0699. The number of rotatable bonds is 7. The standard InChI is InChI=1S/C15H19NO4/c17-8-2-4-11-10-16(7-3-9-18)13-6-1-5-12(14(11)13)15(19)20/h1,5-6,10,17-18H,2-4,7-9H2,(H,19,20). The zero-order valence-electron chi connectivity index (χ0n) is 11.2. The molecule has 0 atom stereocenters. The zero-order chi connectivity index (χ0) is 14.5. The van der Waals surface area contributed by atoms with Gasteiger partial charge in [-0.05, 0) is 37.0 Å². The Bertz CT molecular complexity index is 603. The van der Waals surface area contributed by atoms with Gasteiger partial charge in [0.05, 0.1) is 5.56 Å². The van der Waals surface area contributed by atoms with Crippen molar-refractivity contribution >= 4 is 16.9 Å². The molecule has 0 spiro atoms. The number of aromatic carboxylic acids is 1. The molecule has 0 aliphatic heterocycles. The van der Waals surface area contributed by atoms with Crippen LogP contribution in [0.5, 0.6) is 0 Å². The van der Waals surface area contributed by atoms with Crippen molar-refractivity contribution in [2.24, 2.45) is 0 Å². The average Bonchev–Trinajstić information content (AvgIpc) is 2.80. The number of carboxylic acid groups (broad SMARTS) is 1. The molecule has 0 fully saturated rings. The van der Waals surface area contributed by atoms with Crippen molar-refractivity contribution in [3.8, 4) is 0 Å². The van der Waals surface area contributed by atoms with E-state index < -0.39 is 5.97 Å². The summed E-state index contributed by atoms with van der Waals surface area (Å²) in [6.45, 7) is 0.831. The first kappa shape index (κ1) is 14.6. The van der Waals surface area contributed by atoms with Crippen LogP contribution in [0.15, 0.2) is 24.4 Å². The van der Waals surface area contributed by atoms with Crippen LogP contribution >= 0.6 is 0 Å². The van der Waals surface area contributed by atoms with E-state index in [9.17, 15) is 9.90 Å². The molecule has 1 aromatic carbocycles. The van der Waals surface area contributed by atoms with E-state index in [1.54, 1.807) is 12.1 Å². The SMILES string of the molecule is O=C(O)c1cccc2c1c(CCCO)cn2CCCO. The van der Waals surface area contributed by atoms with E-state index in [0.717, 1.165) is 16.5 Å². The van der Waals surface area contributed by atoms with Gasteiger partial charge in [-0.3, -0.25) is 0 Å². The quantitative estimate of drug-likeness (QED) is 0.718. The first-order valence-corrected chi connectivity index (χ1v) is 6.74. The molecule has 1 aromatic heterocycles. The Labute approximate surface area is 117 Å². The van der Waals surface area contributed by atoms with Crippen LogP contribution in [-0.2, 0) is 13.0 Å². The van der Waals surface area contributed by atoms with Gasteiger partial charge in [-0.15, -0.1) is 0 Å². The average molecular weight is 277 g/mol. The number of aliphatic hydroxyl groups is 2. The molecule has 0 saturated heterocycles. The Morgan fingerprint density at radius 1 is 1.15 bits per heavy atom. The summed E-state index contributed by atoms with van der Waals surface area (Å²) in [5, 5.41) is 28.0. The lowest BCUT2D eigenvalue weighted by Gasteiger charge is -2.04. The number of carboxylic acids is 1. The minimum atomic E-state index is -0.944. The lowest BCUT2D eigenvalue weighted by Crippen LogP contribution is -2.00. The number of nitrogens with zero attached hydrogens (tertiary/aromatic N) is 1. The molecular weight excluding hydrogens is 258 g/mol. The van der Waals surface area contributed by atoms with Gasteiger partial charge in [0.25, 0.3) is 0 Å². The molecular formula is C15H19NO4. The summed E-state index contributed by atoms with van der Waals surface area (Å²) in [5.74, 6) is -0.944. The van der Waals surface area contributed by atoms with Crippen molar-refractivity contribution in [3.05, 3.63) is 35.5 Å². The normalized spacial score (nSPS) is 11.1. The summed E-state index contributed by atoms with van der Waals surface area (Å²) in [7, 11) is 0. The van der Waals surface area contributed by atoms with Crippen LogP contribution in [0.2, 0.25) is 0 Å². The van der Waals surface area contributed by atoms with Crippen molar-refractivity contribution in [1.82, 2.24) is 4.57 Å². The first-order chi connectivity index (χ1) is 9.69. The Hall–Kier alpha value is -1.85. The molecule has 5 heteroatoms. The second-order valence-corrected chi connectivity index (χ2v) is 4.76. The van der Waals surface area contributed by atoms with E-state index >= 15 is 0 Å². The summed E-state index contributed by atoms with van der Waals surface area (Å²) < 4.78 is 1.98. The molecule has 0 bridgehead atoms. The molecule has 0 amide bonds. The molecule has 0 unspecified atom stereocenters.